The van der Waals surface area contributed by atoms with Gasteiger partial charge in [0.15, 0.2) is 0 Å². The van der Waals surface area contributed by atoms with E-state index in [0.29, 0.717) is 18.1 Å². The first-order chi connectivity index (χ1) is 8.69. The molecule has 0 spiro atoms. The first-order valence-corrected chi connectivity index (χ1v) is 6.15. The molecule has 6 heteroatoms. The molecule has 1 aromatic heterocycles. The van der Waals surface area contributed by atoms with Gasteiger partial charge in [0, 0.05) is 12.7 Å². The summed E-state index contributed by atoms with van der Waals surface area (Å²) in [6, 6.07) is 0. The van der Waals surface area contributed by atoms with E-state index in [1.165, 1.54) is 29.9 Å². The van der Waals surface area contributed by atoms with Crippen LogP contribution in [0, 0.1) is 5.92 Å². The van der Waals surface area contributed by atoms with Crippen molar-refractivity contribution in [3.05, 3.63) is 18.0 Å². The van der Waals surface area contributed by atoms with Crippen molar-refractivity contribution >= 4 is 11.9 Å². The van der Waals surface area contributed by atoms with Crippen LogP contribution in [0.1, 0.15) is 30.1 Å². The third-order valence-electron chi connectivity index (χ3n) is 2.73. The third kappa shape index (κ3) is 3.58. The van der Waals surface area contributed by atoms with E-state index in [9.17, 15) is 9.59 Å². The Morgan fingerprint density at radius 2 is 2.33 bits per heavy atom. The smallest absolute Gasteiger partial charge is 0.341 e. The molecule has 0 radical (unpaired) electrons. The summed E-state index contributed by atoms with van der Waals surface area (Å²) in [4.78, 5) is 23.0. The van der Waals surface area contributed by atoms with Crippen molar-refractivity contribution in [2.75, 3.05) is 13.2 Å². The number of esters is 1. The molecule has 0 unspecified atom stereocenters. The Hall–Kier alpha value is -1.85. The minimum Gasteiger partial charge on any atom is -0.462 e. The van der Waals surface area contributed by atoms with Crippen LogP contribution >= 0.6 is 0 Å². The van der Waals surface area contributed by atoms with E-state index in [1.54, 1.807) is 6.92 Å². The predicted molar refractivity (Wildman–Crippen MR) is 63.9 cm³/mol. The highest BCUT2D eigenvalue weighted by atomic mass is 16.5. The molecule has 6 nitrogen and oxygen atoms in total. The summed E-state index contributed by atoms with van der Waals surface area (Å²) in [5.41, 5.74) is 0.367. The summed E-state index contributed by atoms with van der Waals surface area (Å²) in [6.07, 6.45) is 5.34. The molecule has 1 aliphatic carbocycles. The molecule has 1 fully saturated rings. The second kappa shape index (κ2) is 5.66. The van der Waals surface area contributed by atoms with E-state index < -0.39 is 5.97 Å². The second-order valence-electron chi connectivity index (χ2n) is 4.39. The molecule has 0 atom stereocenters. The van der Waals surface area contributed by atoms with Crippen molar-refractivity contribution in [2.45, 2.75) is 26.3 Å². The van der Waals surface area contributed by atoms with E-state index in [0.717, 1.165) is 6.54 Å². The fraction of sp³-hybridized carbons (Fsp3) is 0.583. The summed E-state index contributed by atoms with van der Waals surface area (Å²) in [6.45, 7) is 2.94. The number of carbonyl (C=O) groups excluding carboxylic acids is 2. The Morgan fingerprint density at radius 3 is 3.00 bits per heavy atom. The molecule has 1 N–H and O–H groups in total. The standard InChI is InChI=1S/C12H17N3O3/c1-2-18-12(17)10-6-14-15(7-10)8-11(16)13-5-9-3-4-9/h6-7,9H,2-5,8H2,1H3,(H,13,16). The zero-order chi connectivity index (χ0) is 13.0. The molecule has 0 saturated heterocycles. The lowest BCUT2D eigenvalue weighted by Gasteiger charge is -2.03. The van der Waals surface area contributed by atoms with Crippen LogP contribution in [-0.4, -0.2) is 34.8 Å². The first-order valence-electron chi connectivity index (χ1n) is 6.15. The topological polar surface area (TPSA) is 73.2 Å². The summed E-state index contributed by atoms with van der Waals surface area (Å²) >= 11 is 0. The number of nitrogens with one attached hydrogen (secondary N) is 1. The molecule has 1 aromatic rings. The van der Waals surface area contributed by atoms with Gasteiger partial charge < -0.3 is 10.1 Å². The largest absolute Gasteiger partial charge is 0.462 e. The van der Waals surface area contributed by atoms with Crippen molar-refractivity contribution < 1.29 is 14.3 Å². The van der Waals surface area contributed by atoms with Gasteiger partial charge in [-0.25, -0.2) is 4.79 Å². The van der Waals surface area contributed by atoms with E-state index in [4.69, 9.17) is 4.74 Å². The van der Waals surface area contributed by atoms with Gasteiger partial charge in [0.1, 0.15) is 6.54 Å². The maximum Gasteiger partial charge on any atom is 0.341 e. The summed E-state index contributed by atoms with van der Waals surface area (Å²) in [7, 11) is 0. The summed E-state index contributed by atoms with van der Waals surface area (Å²) in [5.74, 6) is 0.157. The van der Waals surface area contributed by atoms with Gasteiger partial charge in [-0.05, 0) is 25.7 Å². The average Bonchev–Trinajstić information content (AvgIpc) is 3.06. The lowest BCUT2D eigenvalue weighted by atomic mass is 10.4. The zero-order valence-corrected chi connectivity index (χ0v) is 10.4. The Kier molecular flexibility index (Phi) is 3.96. The Morgan fingerprint density at radius 1 is 1.56 bits per heavy atom. The summed E-state index contributed by atoms with van der Waals surface area (Å²) in [5, 5.41) is 6.80. The minimum atomic E-state index is -0.415. The van der Waals surface area contributed by atoms with Gasteiger partial charge in [0.2, 0.25) is 5.91 Å². The summed E-state index contributed by atoms with van der Waals surface area (Å²) < 4.78 is 6.28. The van der Waals surface area contributed by atoms with Crippen LogP contribution in [0.25, 0.3) is 0 Å². The second-order valence-corrected chi connectivity index (χ2v) is 4.39. The third-order valence-corrected chi connectivity index (χ3v) is 2.73. The normalized spacial score (nSPS) is 14.3. The Balaban J connectivity index is 1.81. The number of ether oxygens (including phenoxy) is 1. The fourth-order valence-electron chi connectivity index (χ4n) is 1.55. The number of amides is 1. The van der Waals surface area contributed by atoms with Crippen molar-refractivity contribution in [1.82, 2.24) is 15.1 Å². The van der Waals surface area contributed by atoms with Gasteiger partial charge in [0.05, 0.1) is 18.4 Å². The molecular formula is C12H17N3O3. The van der Waals surface area contributed by atoms with Crippen LogP contribution < -0.4 is 5.32 Å². The molecular weight excluding hydrogens is 234 g/mol. The Bertz CT molecular complexity index is 438. The minimum absolute atomic E-state index is 0.0830. The lowest BCUT2D eigenvalue weighted by molar-refractivity contribution is -0.121. The van der Waals surface area contributed by atoms with Gasteiger partial charge in [-0.15, -0.1) is 0 Å². The highest BCUT2D eigenvalue weighted by Crippen LogP contribution is 2.27. The molecule has 1 saturated carbocycles. The molecule has 0 aliphatic heterocycles. The van der Waals surface area contributed by atoms with Crippen LogP contribution in [0.2, 0.25) is 0 Å². The molecule has 1 aliphatic rings. The van der Waals surface area contributed by atoms with Crippen LogP contribution in [0.3, 0.4) is 0 Å². The molecule has 98 valence electrons. The van der Waals surface area contributed by atoms with Crippen molar-refractivity contribution in [3.63, 3.8) is 0 Å². The molecule has 0 aromatic carbocycles. The van der Waals surface area contributed by atoms with Crippen LogP contribution in [0.5, 0.6) is 0 Å². The van der Waals surface area contributed by atoms with Crippen molar-refractivity contribution in [3.8, 4) is 0 Å². The number of rotatable bonds is 6. The number of hydrogen-bond donors (Lipinski definition) is 1. The van der Waals surface area contributed by atoms with Crippen LogP contribution in [0.4, 0.5) is 0 Å². The highest BCUT2D eigenvalue weighted by molar-refractivity contribution is 5.88. The quantitative estimate of drug-likeness (QED) is 0.751. The van der Waals surface area contributed by atoms with Crippen molar-refractivity contribution in [2.24, 2.45) is 5.92 Å². The van der Waals surface area contributed by atoms with E-state index in [2.05, 4.69) is 10.4 Å². The highest BCUT2D eigenvalue weighted by Gasteiger charge is 2.21. The molecule has 1 heterocycles. The number of nitrogens with zero attached hydrogens (tertiary/aromatic N) is 2. The monoisotopic (exact) mass is 251 g/mol. The number of hydrogen-bond acceptors (Lipinski definition) is 4. The number of carbonyl (C=O) groups is 2. The molecule has 1 amide bonds. The Labute approximate surface area is 105 Å². The van der Waals surface area contributed by atoms with Gasteiger partial charge >= 0.3 is 5.97 Å². The van der Waals surface area contributed by atoms with Crippen LogP contribution in [-0.2, 0) is 16.1 Å². The van der Waals surface area contributed by atoms with Crippen LogP contribution in [0.15, 0.2) is 12.4 Å². The van der Waals surface area contributed by atoms with Gasteiger partial charge in [-0.3, -0.25) is 9.48 Å². The average molecular weight is 251 g/mol. The van der Waals surface area contributed by atoms with E-state index in [1.807, 2.05) is 0 Å². The molecule has 0 bridgehead atoms. The van der Waals surface area contributed by atoms with Gasteiger partial charge in [-0.1, -0.05) is 0 Å². The zero-order valence-electron chi connectivity index (χ0n) is 10.4. The van der Waals surface area contributed by atoms with E-state index >= 15 is 0 Å². The predicted octanol–water partition coefficient (Wildman–Crippen LogP) is 0.586. The molecule has 18 heavy (non-hydrogen) atoms. The fourth-order valence-corrected chi connectivity index (χ4v) is 1.55. The lowest BCUT2D eigenvalue weighted by Crippen LogP contribution is -2.29. The SMILES string of the molecule is CCOC(=O)c1cnn(CC(=O)NCC2CC2)c1. The molecule has 2 rings (SSSR count). The van der Waals surface area contributed by atoms with Crippen molar-refractivity contribution in [1.29, 1.82) is 0 Å². The van der Waals surface area contributed by atoms with Gasteiger partial charge in [-0.2, -0.15) is 5.10 Å². The van der Waals surface area contributed by atoms with Gasteiger partial charge in [0.25, 0.3) is 0 Å². The first kappa shape index (κ1) is 12.6. The number of aromatic nitrogens is 2. The maximum atomic E-state index is 11.6. The maximum absolute atomic E-state index is 11.6. The van der Waals surface area contributed by atoms with E-state index in [-0.39, 0.29) is 12.5 Å².